The van der Waals surface area contributed by atoms with Gasteiger partial charge in [0.25, 0.3) is 15.7 Å². The van der Waals surface area contributed by atoms with E-state index in [0.29, 0.717) is 11.8 Å². The molecule has 0 radical (unpaired) electrons. The van der Waals surface area contributed by atoms with Crippen LogP contribution in [0, 0.1) is 21.7 Å². The summed E-state index contributed by atoms with van der Waals surface area (Å²) in [7, 11) is -1.53. The molecule has 0 fully saturated rings. The molecule has 0 aromatic heterocycles. The lowest BCUT2D eigenvalue weighted by Crippen LogP contribution is -2.31. The van der Waals surface area contributed by atoms with E-state index >= 15 is 0 Å². The summed E-state index contributed by atoms with van der Waals surface area (Å²) in [6.45, 7) is -0.471. The lowest BCUT2D eigenvalue weighted by Gasteiger charge is -2.25. The number of benzene rings is 3. The maximum Gasteiger partial charge on any atom is 0.269 e. The summed E-state index contributed by atoms with van der Waals surface area (Å²) in [6, 6.07) is 11.4. The van der Waals surface area contributed by atoms with Crippen molar-refractivity contribution in [2.24, 2.45) is 0 Å². The molecular weight excluding hydrogens is 446 g/mol. The zero-order valence-electron chi connectivity index (χ0n) is 17.0. The van der Waals surface area contributed by atoms with E-state index < -0.39 is 33.1 Å². The molecule has 0 saturated carbocycles. The minimum atomic E-state index is -4.31. The van der Waals surface area contributed by atoms with Gasteiger partial charge in [0.15, 0.2) is 11.5 Å². The number of ether oxygens (including phenoxy) is 2. The van der Waals surface area contributed by atoms with E-state index in [1.54, 1.807) is 0 Å². The number of sulfonamides is 1. The number of halogens is 2. The molecule has 0 aliphatic carbocycles. The van der Waals surface area contributed by atoms with Crippen LogP contribution in [0.1, 0.15) is 5.56 Å². The summed E-state index contributed by atoms with van der Waals surface area (Å²) >= 11 is 0. The largest absolute Gasteiger partial charge is 0.493 e. The number of anilines is 1. The summed E-state index contributed by atoms with van der Waals surface area (Å²) in [5, 5.41) is 10.9. The molecule has 0 atom stereocenters. The zero-order valence-corrected chi connectivity index (χ0v) is 17.8. The summed E-state index contributed by atoms with van der Waals surface area (Å²) in [5.74, 6) is -1.15. The van der Waals surface area contributed by atoms with Crippen LogP contribution in [0.25, 0.3) is 0 Å². The van der Waals surface area contributed by atoms with E-state index in [1.165, 1.54) is 32.4 Å². The molecule has 3 rings (SSSR count). The van der Waals surface area contributed by atoms with Crippen molar-refractivity contribution in [3.8, 4) is 11.5 Å². The second-order valence-corrected chi connectivity index (χ2v) is 8.40. The van der Waals surface area contributed by atoms with E-state index in [-0.39, 0.29) is 27.6 Å². The molecule has 0 heterocycles. The van der Waals surface area contributed by atoms with Crippen LogP contribution >= 0.6 is 0 Å². The number of methoxy groups -OCH3 is 2. The molecule has 0 amide bonds. The summed E-state index contributed by atoms with van der Waals surface area (Å²) < 4.78 is 65.8. The number of nitro benzene ring substituents is 1. The highest BCUT2D eigenvalue weighted by molar-refractivity contribution is 7.92. The molecule has 0 aliphatic rings. The molecule has 0 unspecified atom stereocenters. The van der Waals surface area contributed by atoms with Gasteiger partial charge in [0.05, 0.1) is 36.3 Å². The molecular formula is C21H18F2N2O6S. The number of hydrogen-bond donors (Lipinski definition) is 0. The van der Waals surface area contributed by atoms with E-state index in [9.17, 15) is 27.3 Å². The maximum absolute atomic E-state index is 14.3. The molecule has 0 N–H and O–H groups in total. The van der Waals surface area contributed by atoms with Crippen LogP contribution in [0.3, 0.4) is 0 Å². The van der Waals surface area contributed by atoms with Crippen LogP contribution in [-0.4, -0.2) is 27.6 Å². The lowest BCUT2D eigenvalue weighted by atomic mass is 10.2. The van der Waals surface area contributed by atoms with Crippen LogP contribution in [0.5, 0.6) is 11.5 Å². The summed E-state index contributed by atoms with van der Waals surface area (Å²) in [6.07, 6.45) is 0. The van der Waals surface area contributed by atoms with Gasteiger partial charge >= 0.3 is 0 Å². The molecule has 3 aromatic carbocycles. The first-order valence-electron chi connectivity index (χ1n) is 9.10. The Balaban J connectivity index is 2.14. The minimum absolute atomic E-state index is 0.0772. The molecule has 32 heavy (non-hydrogen) atoms. The van der Waals surface area contributed by atoms with Gasteiger partial charge < -0.3 is 9.47 Å². The van der Waals surface area contributed by atoms with Crippen molar-refractivity contribution in [3.05, 3.63) is 88.0 Å². The first-order valence-corrected chi connectivity index (χ1v) is 10.5. The summed E-state index contributed by atoms with van der Waals surface area (Å²) in [5.41, 5.74) is -0.248. The molecule has 0 bridgehead atoms. The molecule has 3 aromatic rings. The average molecular weight is 464 g/mol. The van der Waals surface area contributed by atoms with E-state index in [4.69, 9.17) is 9.47 Å². The second kappa shape index (κ2) is 9.18. The molecule has 0 aliphatic heterocycles. The van der Waals surface area contributed by atoms with Crippen LogP contribution < -0.4 is 13.8 Å². The number of hydrogen-bond acceptors (Lipinski definition) is 6. The molecule has 11 heteroatoms. The van der Waals surface area contributed by atoms with E-state index in [0.717, 1.165) is 40.7 Å². The number of nitrogens with zero attached hydrogens (tertiary/aromatic N) is 2. The fraction of sp³-hybridized carbons (Fsp3) is 0.143. The minimum Gasteiger partial charge on any atom is -0.493 e. The van der Waals surface area contributed by atoms with Crippen LogP contribution in [-0.2, 0) is 16.6 Å². The standard InChI is InChI=1S/C21H18F2N2O6S/c1-30-20-10-7-17(12-21(20)31-2)24(13-14-3-4-15(22)11-19(14)23)32(28,29)18-8-5-16(6-9-18)25(26)27/h3-12H,13H2,1-2H3. The first-order chi connectivity index (χ1) is 15.2. The predicted octanol–water partition coefficient (Wildman–Crippen LogP) is 4.29. The van der Waals surface area contributed by atoms with Crippen LogP contribution in [0.2, 0.25) is 0 Å². The van der Waals surface area contributed by atoms with E-state index in [2.05, 4.69) is 0 Å². The fourth-order valence-electron chi connectivity index (χ4n) is 2.97. The van der Waals surface area contributed by atoms with Gasteiger partial charge in [0, 0.05) is 29.8 Å². The lowest BCUT2D eigenvalue weighted by molar-refractivity contribution is -0.384. The van der Waals surface area contributed by atoms with Crippen LogP contribution in [0.15, 0.2) is 65.6 Å². The third-order valence-corrected chi connectivity index (χ3v) is 6.41. The van der Waals surface area contributed by atoms with Crippen molar-refractivity contribution in [1.82, 2.24) is 0 Å². The third-order valence-electron chi connectivity index (χ3n) is 4.62. The van der Waals surface area contributed by atoms with Crippen molar-refractivity contribution < 1.29 is 31.6 Å². The van der Waals surface area contributed by atoms with Crippen molar-refractivity contribution in [2.45, 2.75) is 11.4 Å². The van der Waals surface area contributed by atoms with Crippen molar-refractivity contribution in [3.63, 3.8) is 0 Å². The Labute approximate surface area is 182 Å². The summed E-state index contributed by atoms with van der Waals surface area (Å²) in [4.78, 5) is 10.00. The monoisotopic (exact) mass is 464 g/mol. The highest BCUT2D eigenvalue weighted by atomic mass is 32.2. The Morgan fingerprint density at radius 1 is 0.938 bits per heavy atom. The van der Waals surface area contributed by atoms with Gasteiger partial charge in [0.2, 0.25) is 0 Å². The van der Waals surface area contributed by atoms with Gasteiger partial charge in [-0.2, -0.15) is 0 Å². The SMILES string of the molecule is COc1ccc(N(Cc2ccc(F)cc2F)S(=O)(=O)c2ccc([N+](=O)[O-])cc2)cc1OC. The van der Waals surface area contributed by atoms with E-state index in [1.807, 2.05) is 0 Å². The first kappa shape index (κ1) is 22.9. The number of nitro groups is 1. The van der Waals surface area contributed by atoms with Gasteiger partial charge in [-0.1, -0.05) is 6.07 Å². The highest BCUT2D eigenvalue weighted by Crippen LogP contribution is 2.35. The molecule has 168 valence electrons. The predicted molar refractivity (Wildman–Crippen MR) is 112 cm³/mol. The van der Waals surface area contributed by atoms with Crippen molar-refractivity contribution >= 4 is 21.4 Å². The molecule has 0 spiro atoms. The van der Waals surface area contributed by atoms with Gasteiger partial charge in [-0.25, -0.2) is 17.2 Å². The van der Waals surface area contributed by atoms with Crippen LogP contribution in [0.4, 0.5) is 20.2 Å². The second-order valence-electron chi connectivity index (χ2n) is 6.54. The Hall–Kier alpha value is -3.73. The molecule has 8 nitrogen and oxygen atoms in total. The Bertz CT molecular complexity index is 1250. The normalized spacial score (nSPS) is 11.1. The fourth-order valence-corrected chi connectivity index (χ4v) is 4.40. The Morgan fingerprint density at radius 2 is 1.59 bits per heavy atom. The quantitative estimate of drug-likeness (QED) is 0.364. The highest BCUT2D eigenvalue weighted by Gasteiger charge is 2.28. The van der Waals surface area contributed by atoms with Gasteiger partial charge in [-0.05, 0) is 30.3 Å². The van der Waals surface area contributed by atoms with Crippen molar-refractivity contribution in [1.29, 1.82) is 0 Å². The zero-order chi connectivity index (χ0) is 23.5. The smallest absolute Gasteiger partial charge is 0.269 e. The van der Waals surface area contributed by atoms with Gasteiger partial charge in [0.1, 0.15) is 11.6 Å². The molecule has 0 saturated heterocycles. The Morgan fingerprint density at radius 3 is 2.16 bits per heavy atom. The van der Waals surface area contributed by atoms with Crippen molar-refractivity contribution in [2.75, 3.05) is 18.5 Å². The number of rotatable bonds is 8. The third kappa shape index (κ3) is 4.62. The van der Waals surface area contributed by atoms with Gasteiger partial charge in [-0.3, -0.25) is 14.4 Å². The maximum atomic E-state index is 14.3. The topological polar surface area (TPSA) is 99.0 Å². The average Bonchev–Trinajstić information content (AvgIpc) is 2.78. The van der Waals surface area contributed by atoms with Gasteiger partial charge in [-0.15, -0.1) is 0 Å². The number of non-ortho nitro benzene ring substituents is 1. The Kier molecular flexibility index (Phi) is 6.58.